The van der Waals surface area contributed by atoms with E-state index in [0.717, 1.165) is 26.2 Å². The standard InChI is InChI=1S/C6H14Cl2N2OP2/c1-3-9(4-2)13-10(12(7)8)5-6-11-13/h3-6H2,1-2H3. The maximum Gasteiger partial charge on any atom is 0.193 e. The molecule has 1 saturated heterocycles. The first kappa shape index (κ1) is 12.4. The second-order valence-electron chi connectivity index (χ2n) is 2.54. The van der Waals surface area contributed by atoms with Crippen LogP contribution in [0.2, 0.25) is 0 Å². The number of hydrogen-bond donors (Lipinski definition) is 0. The van der Waals surface area contributed by atoms with Crippen LogP contribution in [0.3, 0.4) is 0 Å². The second kappa shape index (κ2) is 6.02. The van der Waals surface area contributed by atoms with E-state index in [1.807, 2.05) is 0 Å². The van der Waals surface area contributed by atoms with Crippen LogP contribution >= 0.6 is 37.7 Å². The Labute approximate surface area is 91.6 Å². The molecule has 7 heteroatoms. The van der Waals surface area contributed by atoms with Crippen molar-refractivity contribution < 1.29 is 4.52 Å². The zero-order valence-corrected chi connectivity index (χ0v) is 11.1. The maximum absolute atomic E-state index is 5.90. The summed E-state index contributed by atoms with van der Waals surface area (Å²) in [5, 5.41) is 0. The van der Waals surface area contributed by atoms with Gasteiger partial charge in [-0.25, -0.2) is 4.67 Å². The van der Waals surface area contributed by atoms with Crippen LogP contribution < -0.4 is 0 Å². The van der Waals surface area contributed by atoms with Crippen LogP contribution in [0.4, 0.5) is 0 Å². The van der Waals surface area contributed by atoms with Crippen molar-refractivity contribution in [3.63, 3.8) is 0 Å². The molecule has 1 fully saturated rings. The molecule has 1 aliphatic heterocycles. The average molecular weight is 263 g/mol. The van der Waals surface area contributed by atoms with Crippen molar-refractivity contribution in [1.82, 2.24) is 9.11 Å². The van der Waals surface area contributed by atoms with Gasteiger partial charge >= 0.3 is 0 Å². The highest BCUT2D eigenvalue weighted by Gasteiger charge is 2.34. The minimum absolute atomic E-state index is 0.680. The smallest absolute Gasteiger partial charge is 0.193 e. The summed E-state index contributed by atoms with van der Waals surface area (Å²) in [6.07, 6.45) is 0. The molecule has 1 atom stereocenters. The van der Waals surface area contributed by atoms with Crippen LogP contribution in [0, 0.1) is 0 Å². The quantitative estimate of drug-likeness (QED) is 0.721. The summed E-state index contributed by atoms with van der Waals surface area (Å²) < 4.78 is 9.97. The lowest BCUT2D eigenvalue weighted by molar-refractivity contribution is 0.352. The molecule has 0 aromatic heterocycles. The van der Waals surface area contributed by atoms with E-state index in [1.165, 1.54) is 0 Å². The molecule has 13 heavy (non-hydrogen) atoms. The van der Waals surface area contributed by atoms with Crippen molar-refractivity contribution >= 4 is 37.7 Å². The first-order valence-corrected chi connectivity index (χ1v) is 8.54. The van der Waals surface area contributed by atoms with Crippen LogP contribution in [0.15, 0.2) is 0 Å². The van der Waals surface area contributed by atoms with Gasteiger partial charge in [-0.2, -0.15) is 4.44 Å². The molecule has 78 valence electrons. The van der Waals surface area contributed by atoms with Gasteiger partial charge in [0, 0.05) is 19.6 Å². The predicted molar refractivity (Wildman–Crippen MR) is 61.1 cm³/mol. The number of rotatable bonds is 4. The van der Waals surface area contributed by atoms with Crippen molar-refractivity contribution in [2.75, 3.05) is 26.2 Å². The fraction of sp³-hybridized carbons (Fsp3) is 1.00. The van der Waals surface area contributed by atoms with Gasteiger partial charge in [-0.15, -0.1) is 0 Å². The van der Waals surface area contributed by atoms with Crippen molar-refractivity contribution in [2.45, 2.75) is 13.8 Å². The second-order valence-corrected chi connectivity index (χ2v) is 8.02. The Kier molecular flexibility index (Phi) is 5.74. The van der Waals surface area contributed by atoms with Crippen LogP contribution in [0.25, 0.3) is 0 Å². The average Bonchev–Trinajstić information content (AvgIpc) is 2.55. The number of halogens is 2. The lowest BCUT2D eigenvalue weighted by Crippen LogP contribution is -2.21. The molecule has 0 aromatic carbocycles. The van der Waals surface area contributed by atoms with Gasteiger partial charge in [0.25, 0.3) is 0 Å². The van der Waals surface area contributed by atoms with E-state index in [4.69, 9.17) is 27.0 Å². The molecule has 1 aliphatic rings. The van der Waals surface area contributed by atoms with Gasteiger partial charge in [-0.1, -0.05) is 36.3 Å². The summed E-state index contributed by atoms with van der Waals surface area (Å²) in [6, 6.07) is 0. The first-order chi connectivity index (χ1) is 6.20. The zero-order valence-electron chi connectivity index (χ0n) is 7.78. The summed E-state index contributed by atoms with van der Waals surface area (Å²) >= 11 is 11.8. The molecule has 0 radical (unpaired) electrons. The summed E-state index contributed by atoms with van der Waals surface area (Å²) in [5.74, 6) is 0. The molecular weight excluding hydrogens is 249 g/mol. The molecule has 1 heterocycles. The van der Waals surface area contributed by atoms with E-state index in [0.29, 0.717) is 0 Å². The predicted octanol–water partition coefficient (Wildman–Crippen LogP) is 3.59. The first-order valence-electron chi connectivity index (χ1n) is 4.27. The molecule has 0 bridgehead atoms. The zero-order chi connectivity index (χ0) is 9.84. The van der Waals surface area contributed by atoms with Crippen molar-refractivity contribution in [2.24, 2.45) is 0 Å². The molecule has 0 aliphatic carbocycles. The van der Waals surface area contributed by atoms with Crippen LogP contribution in [0.5, 0.6) is 0 Å². The fourth-order valence-corrected chi connectivity index (χ4v) is 5.44. The van der Waals surface area contributed by atoms with Gasteiger partial charge in [0.15, 0.2) is 15.2 Å². The lowest BCUT2D eigenvalue weighted by Gasteiger charge is -2.30. The fourth-order valence-electron chi connectivity index (χ4n) is 1.18. The molecular formula is C6H14Cl2N2OP2. The Morgan fingerprint density at radius 2 is 2.08 bits per heavy atom. The molecule has 0 amide bonds. The number of nitrogens with zero attached hydrogens (tertiary/aromatic N) is 2. The van der Waals surface area contributed by atoms with Gasteiger partial charge in [0.1, 0.15) is 0 Å². The summed E-state index contributed by atoms with van der Waals surface area (Å²) in [7, 11) is -0.680. The van der Waals surface area contributed by atoms with E-state index >= 15 is 0 Å². The van der Waals surface area contributed by atoms with Crippen LogP contribution in [0.1, 0.15) is 13.8 Å². The van der Waals surface area contributed by atoms with E-state index in [-0.39, 0.29) is 0 Å². The third-order valence-electron chi connectivity index (χ3n) is 1.84. The summed E-state index contributed by atoms with van der Waals surface area (Å²) in [4.78, 5) is 0. The van der Waals surface area contributed by atoms with Crippen LogP contribution in [-0.2, 0) is 4.52 Å². The highest BCUT2D eigenvalue weighted by atomic mass is 35.9. The lowest BCUT2D eigenvalue weighted by atomic mass is 10.7. The molecule has 0 aromatic rings. The maximum atomic E-state index is 5.90. The largest absolute Gasteiger partial charge is 0.330 e. The summed E-state index contributed by atoms with van der Waals surface area (Å²) in [6.45, 7) is 6.77. The number of hydrogen-bond acceptors (Lipinski definition) is 3. The Bertz CT molecular complexity index is 160. The molecule has 0 saturated carbocycles. The molecule has 0 spiro atoms. The third-order valence-corrected chi connectivity index (χ3v) is 7.17. The highest BCUT2D eigenvalue weighted by Crippen LogP contribution is 2.66. The third kappa shape index (κ3) is 3.14. The van der Waals surface area contributed by atoms with Crippen LogP contribution in [-0.4, -0.2) is 35.4 Å². The molecule has 1 unspecified atom stereocenters. The van der Waals surface area contributed by atoms with E-state index in [1.54, 1.807) is 0 Å². The van der Waals surface area contributed by atoms with Crippen molar-refractivity contribution in [3.8, 4) is 0 Å². The monoisotopic (exact) mass is 262 g/mol. The normalized spacial score (nSPS) is 24.9. The van der Waals surface area contributed by atoms with Gasteiger partial charge < -0.3 is 4.52 Å². The van der Waals surface area contributed by atoms with E-state index in [2.05, 4.69) is 23.0 Å². The molecule has 0 N–H and O–H groups in total. The molecule has 1 rings (SSSR count). The minimum atomic E-state index is -1.04. The summed E-state index contributed by atoms with van der Waals surface area (Å²) in [5.41, 5.74) is 0. The SMILES string of the molecule is CCN(CC)P1OCCN1P(Cl)Cl. The van der Waals surface area contributed by atoms with Gasteiger partial charge in [-0.05, 0) is 0 Å². The Hall–Kier alpha value is 1.32. The van der Waals surface area contributed by atoms with Crippen molar-refractivity contribution in [1.29, 1.82) is 0 Å². The van der Waals surface area contributed by atoms with E-state index in [9.17, 15) is 0 Å². The van der Waals surface area contributed by atoms with Gasteiger partial charge in [0.2, 0.25) is 0 Å². The van der Waals surface area contributed by atoms with Gasteiger partial charge in [-0.3, -0.25) is 0 Å². The Balaban J connectivity index is 2.55. The minimum Gasteiger partial charge on any atom is -0.330 e. The highest BCUT2D eigenvalue weighted by molar-refractivity contribution is 8.05. The van der Waals surface area contributed by atoms with E-state index < -0.39 is 15.2 Å². The molecule has 3 nitrogen and oxygen atoms in total. The van der Waals surface area contributed by atoms with Gasteiger partial charge in [0.05, 0.1) is 6.61 Å². The van der Waals surface area contributed by atoms with Crippen molar-refractivity contribution in [3.05, 3.63) is 0 Å². The Morgan fingerprint density at radius 3 is 2.54 bits per heavy atom. The topological polar surface area (TPSA) is 15.7 Å². The Morgan fingerprint density at radius 1 is 1.46 bits per heavy atom.